The Balaban J connectivity index is 1.84. The second-order valence-corrected chi connectivity index (χ2v) is 9.17. The van der Waals surface area contributed by atoms with Gasteiger partial charge in [-0.2, -0.15) is 5.10 Å². The molecule has 0 fully saturated rings. The maximum Gasteiger partial charge on any atom is 0.254 e. The van der Waals surface area contributed by atoms with Gasteiger partial charge in [-0.25, -0.2) is 4.68 Å². The number of nitrogens with one attached hydrogen (secondary N) is 1. The number of aromatic nitrogens is 2. The van der Waals surface area contributed by atoms with Crippen LogP contribution in [0.15, 0.2) is 54.6 Å². The van der Waals surface area contributed by atoms with Gasteiger partial charge in [0.05, 0.1) is 11.4 Å². The number of likely N-dealkylation sites (N-methyl/N-ethyl adjacent to an activating group) is 1. The Kier molecular flexibility index (Phi) is 7.04. The lowest BCUT2D eigenvalue weighted by Gasteiger charge is -2.20. The van der Waals surface area contributed by atoms with Gasteiger partial charge in [0, 0.05) is 28.6 Å². The number of aryl methyl sites for hydroxylation is 1. The average molecular weight is 453 g/mol. The topological polar surface area (TPSA) is 67.2 Å². The highest BCUT2D eigenvalue weighted by molar-refractivity contribution is 6.30. The van der Waals surface area contributed by atoms with Gasteiger partial charge in [0.15, 0.2) is 0 Å². The van der Waals surface area contributed by atoms with Gasteiger partial charge in [-0.1, -0.05) is 50.6 Å². The van der Waals surface area contributed by atoms with Gasteiger partial charge < -0.3 is 10.2 Å². The first-order chi connectivity index (χ1) is 15.1. The summed E-state index contributed by atoms with van der Waals surface area (Å²) >= 11 is 5.92. The molecule has 0 radical (unpaired) electrons. The van der Waals surface area contributed by atoms with E-state index in [0.29, 0.717) is 22.9 Å². The first kappa shape index (κ1) is 23.5. The van der Waals surface area contributed by atoms with Crippen LogP contribution in [0.4, 0.5) is 5.82 Å². The molecule has 32 heavy (non-hydrogen) atoms. The highest BCUT2D eigenvalue weighted by atomic mass is 35.5. The molecule has 2 aromatic carbocycles. The number of para-hydroxylation sites is 1. The molecule has 0 aliphatic rings. The molecule has 0 aliphatic carbocycles. The van der Waals surface area contributed by atoms with Gasteiger partial charge in [-0.05, 0) is 49.7 Å². The summed E-state index contributed by atoms with van der Waals surface area (Å²) in [5.74, 6) is 0.0654. The van der Waals surface area contributed by atoms with E-state index in [1.165, 1.54) is 4.90 Å². The molecule has 0 unspecified atom stereocenters. The molecule has 1 aromatic heterocycles. The zero-order chi connectivity index (χ0) is 23.5. The van der Waals surface area contributed by atoms with Crippen molar-refractivity contribution >= 4 is 29.2 Å². The molecule has 6 nitrogen and oxygen atoms in total. The molecule has 0 atom stereocenters. The van der Waals surface area contributed by atoms with E-state index in [9.17, 15) is 9.59 Å². The van der Waals surface area contributed by atoms with E-state index in [0.717, 1.165) is 16.9 Å². The predicted molar refractivity (Wildman–Crippen MR) is 129 cm³/mol. The smallest absolute Gasteiger partial charge is 0.254 e. The third-order valence-electron chi connectivity index (χ3n) is 5.18. The van der Waals surface area contributed by atoms with Crippen LogP contribution in [0.25, 0.3) is 5.69 Å². The number of nitrogens with zero attached hydrogens (tertiary/aromatic N) is 3. The minimum Gasteiger partial charge on any atom is -0.330 e. The maximum absolute atomic E-state index is 12.9. The van der Waals surface area contributed by atoms with Crippen molar-refractivity contribution in [2.24, 2.45) is 0 Å². The molecule has 0 saturated carbocycles. The Morgan fingerprint density at radius 3 is 2.34 bits per heavy atom. The van der Waals surface area contributed by atoms with Gasteiger partial charge >= 0.3 is 0 Å². The summed E-state index contributed by atoms with van der Waals surface area (Å²) in [4.78, 5) is 27.3. The van der Waals surface area contributed by atoms with Crippen molar-refractivity contribution < 1.29 is 9.59 Å². The number of hydrogen-bond acceptors (Lipinski definition) is 3. The van der Waals surface area contributed by atoms with E-state index >= 15 is 0 Å². The minimum atomic E-state index is -0.288. The molecule has 3 rings (SSSR count). The van der Waals surface area contributed by atoms with Crippen LogP contribution in [0.1, 0.15) is 49.3 Å². The van der Waals surface area contributed by atoms with Crippen molar-refractivity contribution in [2.75, 3.05) is 18.4 Å². The van der Waals surface area contributed by atoms with Crippen molar-refractivity contribution in [1.29, 1.82) is 0 Å². The number of carbonyl (C=O) groups is 2. The average Bonchev–Trinajstić information content (AvgIpc) is 3.16. The van der Waals surface area contributed by atoms with Crippen LogP contribution >= 0.6 is 11.6 Å². The van der Waals surface area contributed by atoms with Crippen molar-refractivity contribution in [3.8, 4) is 5.69 Å². The first-order valence-electron chi connectivity index (χ1n) is 10.6. The van der Waals surface area contributed by atoms with E-state index in [1.54, 1.807) is 28.9 Å². The lowest BCUT2D eigenvalue weighted by Crippen LogP contribution is -2.38. The van der Waals surface area contributed by atoms with Crippen molar-refractivity contribution in [3.05, 3.63) is 76.4 Å². The Hall–Kier alpha value is -3.12. The zero-order valence-electron chi connectivity index (χ0n) is 19.1. The summed E-state index contributed by atoms with van der Waals surface area (Å²) in [6.07, 6.45) is 0. The van der Waals surface area contributed by atoms with E-state index in [-0.39, 0.29) is 23.8 Å². The Morgan fingerprint density at radius 2 is 1.75 bits per heavy atom. The van der Waals surface area contributed by atoms with Crippen LogP contribution in [0.2, 0.25) is 5.02 Å². The van der Waals surface area contributed by atoms with Crippen LogP contribution < -0.4 is 5.32 Å². The van der Waals surface area contributed by atoms with Crippen LogP contribution in [-0.2, 0) is 10.2 Å². The summed E-state index contributed by atoms with van der Waals surface area (Å²) in [6, 6.07) is 16.4. The number of amides is 2. The lowest BCUT2D eigenvalue weighted by molar-refractivity contribution is -0.116. The Labute approximate surface area is 194 Å². The lowest BCUT2D eigenvalue weighted by atomic mass is 9.92. The highest BCUT2D eigenvalue weighted by Gasteiger charge is 2.23. The fourth-order valence-corrected chi connectivity index (χ4v) is 3.41. The number of anilines is 1. The monoisotopic (exact) mass is 452 g/mol. The highest BCUT2D eigenvalue weighted by Crippen LogP contribution is 2.27. The quantitative estimate of drug-likeness (QED) is 0.556. The van der Waals surface area contributed by atoms with Crippen molar-refractivity contribution in [2.45, 2.75) is 40.0 Å². The Morgan fingerprint density at radius 1 is 1.09 bits per heavy atom. The van der Waals surface area contributed by atoms with Gasteiger partial charge in [-0.3, -0.25) is 9.59 Å². The molecule has 2 amide bonds. The SMILES string of the molecule is CCN(CC(=O)Nc1cc(C(C)(C)C)nn1-c1ccccc1C)C(=O)c1ccc(Cl)cc1. The third-order valence-corrected chi connectivity index (χ3v) is 5.44. The number of carbonyl (C=O) groups excluding carboxylic acids is 2. The molecule has 0 saturated heterocycles. The van der Waals surface area contributed by atoms with Gasteiger partial charge in [0.2, 0.25) is 5.91 Å². The normalized spacial score (nSPS) is 11.3. The molecule has 1 heterocycles. The molecule has 0 bridgehead atoms. The summed E-state index contributed by atoms with van der Waals surface area (Å²) in [5.41, 5.74) is 3.10. The van der Waals surface area contributed by atoms with Crippen molar-refractivity contribution in [1.82, 2.24) is 14.7 Å². The van der Waals surface area contributed by atoms with E-state index in [4.69, 9.17) is 16.7 Å². The third kappa shape index (κ3) is 5.37. The number of hydrogen-bond donors (Lipinski definition) is 1. The fraction of sp³-hybridized carbons (Fsp3) is 0.320. The molecule has 0 spiro atoms. The maximum atomic E-state index is 12.9. The van der Waals surface area contributed by atoms with Gasteiger partial charge in [-0.15, -0.1) is 0 Å². The first-order valence-corrected chi connectivity index (χ1v) is 11.0. The second kappa shape index (κ2) is 9.57. The van der Waals surface area contributed by atoms with E-state index in [2.05, 4.69) is 26.1 Å². The number of rotatable bonds is 6. The summed E-state index contributed by atoms with van der Waals surface area (Å²) in [6.45, 7) is 10.4. The van der Waals surface area contributed by atoms with Crippen LogP contribution in [0, 0.1) is 6.92 Å². The summed E-state index contributed by atoms with van der Waals surface area (Å²) < 4.78 is 1.76. The van der Waals surface area contributed by atoms with Crippen LogP contribution in [-0.4, -0.2) is 39.6 Å². The van der Waals surface area contributed by atoms with Gasteiger partial charge in [0.1, 0.15) is 12.4 Å². The van der Waals surface area contributed by atoms with E-state index < -0.39 is 0 Å². The molecular formula is C25H29ClN4O2. The molecule has 0 aliphatic heterocycles. The Bertz CT molecular complexity index is 1110. The molecule has 7 heteroatoms. The summed E-state index contributed by atoms with van der Waals surface area (Å²) in [5, 5.41) is 8.28. The molecular weight excluding hydrogens is 424 g/mol. The zero-order valence-corrected chi connectivity index (χ0v) is 19.9. The number of benzene rings is 2. The molecule has 1 N–H and O–H groups in total. The predicted octanol–water partition coefficient (Wildman–Crippen LogP) is 5.23. The molecule has 168 valence electrons. The van der Waals surface area contributed by atoms with Crippen LogP contribution in [0.3, 0.4) is 0 Å². The standard InChI is InChI=1S/C25H29ClN4O2/c1-6-29(24(32)18-11-13-19(26)14-12-18)16-23(31)27-22-15-21(25(3,4)5)28-30(22)20-10-8-7-9-17(20)2/h7-15H,6,16H2,1-5H3,(H,27,31). The summed E-state index contributed by atoms with van der Waals surface area (Å²) in [7, 11) is 0. The second-order valence-electron chi connectivity index (χ2n) is 8.74. The van der Waals surface area contributed by atoms with Gasteiger partial charge in [0.25, 0.3) is 5.91 Å². The molecule has 3 aromatic rings. The largest absolute Gasteiger partial charge is 0.330 e. The fourth-order valence-electron chi connectivity index (χ4n) is 3.28. The van der Waals surface area contributed by atoms with Crippen LogP contribution in [0.5, 0.6) is 0 Å². The van der Waals surface area contributed by atoms with E-state index in [1.807, 2.05) is 44.2 Å². The minimum absolute atomic E-state index is 0.0677. The van der Waals surface area contributed by atoms with Crippen molar-refractivity contribution in [3.63, 3.8) is 0 Å². The number of halogens is 1.